The molecule has 0 spiro atoms. The molecule has 2 unspecified atom stereocenters. The smallest absolute Gasteiger partial charge is 0.327 e. The van der Waals surface area contributed by atoms with Gasteiger partial charge in [-0.3, -0.25) is 9.69 Å². The number of anilines is 1. The molecule has 1 saturated heterocycles. The molecule has 2 rings (SSSR count). The van der Waals surface area contributed by atoms with Crippen LogP contribution in [0.4, 0.5) is 5.69 Å². The maximum Gasteiger partial charge on any atom is 0.327 e. The van der Waals surface area contributed by atoms with Crippen LogP contribution in [0.25, 0.3) is 0 Å². The van der Waals surface area contributed by atoms with Gasteiger partial charge in [0.2, 0.25) is 5.91 Å². The zero-order valence-electron chi connectivity index (χ0n) is 13.5. The molecule has 1 amide bonds. The second-order valence-corrected chi connectivity index (χ2v) is 6.03. The van der Waals surface area contributed by atoms with E-state index in [4.69, 9.17) is 4.74 Å². The first-order valence-electron chi connectivity index (χ1n) is 7.59. The molecule has 1 N–H and O–H groups in total. The van der Waals surface area contributed by atoms with Crippen molar-refractivity contribution in [3.63, 3.8) is 0 Å². The van der Waals surface area contributed by atoms with E-state index in [0.29, 0.717) is 11.4 Å². The topological polar surface area (TPSA) is 66.8 Å². The fourth-order valence-electron chi connectivity index (χ4n) is 3.14. The number of β-lactam (4-membered cyclic amide) rings is 1. The number of benzene rings is 1. The third-order valence-corrected chi connectivity index (χ3v) is 5.07. The van der Waals surface area contributed by atoms with E-state index in [1.165, 1.54) is 4.90 Å². The van der Waals surface area contributed by atoms with Crippen LogP contribution < -0.4 is 9.64 Å². The molecule has 1 aromatic carbocycles. The molecule has 0 aliphatic carbocycles. The Labute approximate surface area is 130 Å². The molecule has 1 heterocycles. The number of carboxylic acids is 1. The van der Waals surface area contributed by atoms with E-state index in [1.807, 2.05) is 20.8 Å². The third kappa shape index (κ3) is 2.45. The summed E-state index contributed by atoms with van der Waals surface area (Å²) < 4.78 is 5.09. The molecule has 1 aliphatic heterocycles. The molecule has 0 bridgehead atoms. The highest BCUT2D eigenvalue weighted by Gasteiger charge is 2.58. The van der Waals surface area contributed by atoms with Gasteiger partial charge in [0.15, 0.2) is 0 Å². The quantitative estimate of drug-likeness (QED) is 0.821. The summed E-state index contributed by atoms with van der Waals surface area (Å²) in [6, 6.07) is 6.10. The van der Waals surface area contributed by atoms with Crippen molar-refractivity contribution >= 4 is 17.6 Å². The molecular formula is C17H23NO4. The lowest BCUT2D eigenvalue weighted by Gasteiger charge is -2.52. The highest BCUT2D eigenvalue weighted by Crippen LogP contribution is 2.47. The second-order valence-electron chi connectivity index (χ2n) is 6.03. The SMILES string of the molecule is CCC(C)(CC)C1C(=O)N(c2ccc(OC)cc2)C1C(=O)O. The summed E-state index contributed by atoms with van der Waals surface area (Å²) in [4.78, 5) is 25.7. The monoisotopic (exact) mass is 305 g/mol. The third-order valence-electron chi connectivity index (χ3n) is 5.07. The van der Waals surface area contributed by atoms with Crippen molar-refractivity contribution in [1.29, 1.82) is 0 Å². The molecule has 0 saturated carbocycles. The highest BCUT2D eigenvalue weighted by molar-refractivity contribution is 6.10. The molecule has 0 aromatic heterocycles. The van der Waals surface area contributed by atoms with E-state index in [1.54, 1.807) is 31.4 Å². The van der Waals surface area contributed by atoms with Gasteiger partial charge in [-0.2, -0.15) is 0 Å². The molecule has 1 fully saturated rings. The lowest BCUT2D eigenvalue weighted by atomic mass is 9.64. The normalized spacial score (nSPS) is 21.5. The van der Waals surface area contributed by atoms with E-state index in [-0.39, 0.29) is 11.3 Å². The van der Waals surface area contributed by atoms with Crippen LogP contribution in [0.2, 0.25) is 0 Å². The number of amides is 1. The average Bonchev–Trinajstić information content (AvgIpc) is 2.52. The standard InChI is InChI=1S/C17H23NO4/c1-5-17(3,6-2)13-14(16(20)21)18(15(13)19)11-7-9-12(22-4)10-8-11/h7-10,13-14H,5-6H2,1-4H3,(H,20,21). The fourth-order valence-corrected chi connectivity index (χ4v) is 3.14. The Morgan fingerprint density at radius 1 is 1.27 bits per heavy atom. The van der Waals surface area contributed by atoms with Crippen LogP contribution >= 0.6 is 0 Å². The zero-order chi connectivity index (χ0) is 16.5. The first-order valence-corrected chi connectivity index (χ1v) is 7.59. The molecular weight excluding hydrogens is 282 g/mol. The molecule has 1 aliphatic rings. The number of carbonyl (C=O) groups is 2. The van der Waals surface area contributed by atoms with Crippen LogP contribution in [0.5, 0.6) is 5.75 Å². The highest BCUT2D eigenvalue weighted by atomic mass is 16.5. The summed E-state index contributed by atoms with van der Waals surface area (Å²) in [6.07, 6.45) is 1.56. The molecule has 22 heavy (non-hydrogen) atoms. The van der Waals surface area contributed by atoms with Gasteiger partial charge in [0.1, 0.15) is 11.8 Å². The van der Waals surface area contributed by atoms with Gasteiger partial charge in [0, 0.05) is 5.69 Å². The number of rotatable bonds is 6. The number of carbonyl (C=O) groups excluding carboxylic acids is 1. The average molecular weight is 305 g/mol. The summed E-state index contributed by atoms with van der Waals surface area (Å²) in [5, 5.41) is 9.59. The molecule has 5 nitrogen and oxygen atoms in total. The van der Waals surface area contributed by atoms with E-state index in [2.05, 4.69) is 0 Å². The number of methoxy groups -OCH3 is 1. The number of nitrogens with zero attached hydrogens (tertiary/aromatic N) is 1. The Balaban J connectivity index is 2.34. The lowest BCUT2D eigenvalue weighted by Crippen LogP contribution is -2.69. The maximum absolute atomic E-state index is 12.6. The van der Waals surface area contributed by atoms with Crippen LogP contribution in [0, 0.1) is 11.3 Å². The van der Waals surface area contributed by atoms with Crippen molar-refractivity contribution in [2.24, 2.45) is 11.3 Å². The molecule has 120 valence electrons. The maximum atomic E-state index is 12.6. The van der Waals surface area contributed by atoms with Crippen molar-refractivity contribution in [2.45, 2.75) is 39.7 Å². The summed E-state index contributed by atoms with van der Waals surface area (Å²) in [6.45, 7) is 6.01. The summed E-state index contributed by atoms with van der Waals surface area (Å²) in [5.74, 6) is -0.855. The van der Waals surface area contributed by atoms with Gasteiger partial charge < -0.3 is 9.84 Å². The van der Waals surface area contributed by atoms with Gasteiger partial charge in [-0.25, -0.2) is 4.79 Å². The van der Waals surface area contributed by atoms with Crippen molar-refractivity contribution < 1.29 is 19.4 Å². The number of ether oxygens (including phenoxy) is 1. The predicted molar refractivity (Wildman–Crippen MR) is 84.1 cm³/mol. The van der Waals surface area contributed by atoms with Crippen LogP contribution in [0.3, 0.4) is 0 Å². The number of aliphatic carboxylic acids is 1. The molecule has 1 aromatic rings. The van der Waals surface area contributed by atoms with Crippen molar-refractivity contribution in [3.05, 3.63) is 24.3 Å². The number of hydrogen-bond acceptors (Lipinski definition) is 3. The van der Waals surface area contributed by atoms with Crippen molar-refractivity contribution in [1.82, 2.24) is 0 Å². The Kier molecular flexibility index (Phi) is 4.44. The Hall–Kier alpha value is -2.04. The minimum atomic E-state index is -0.950. The Morgan fingerprint density at radius 2 is 1.82 bits per heavy atom. The van der Waals surface area contributed by atoms with Crippen LogP contribution in [-0.4, -0.2) is 30.1 Å². The van der Waals surface area contributed by atoms with E-state index >= 15 is 0 Å². The summed E-state index contributed by atoms with van der Waals surface area (Å²) in [5.41, 5.74) is 0.312. The number of carboxylic acid groups (broad SMARTS) is 1. The van der Waals surface area contributed by atoms with Crippen LogP contribution in [0.15, 0.2) is 24.3 Å². The second kappa shape index (κ2) is 5.99. The van der Waals surface area contributed by atoms with Crippen molar-refractivity contribution in [3.8, 4) is 5.75 Å². The Bertz CT molecular complexity index is 563. The lowest BCUT2D eigenvalue weighted by molar-refractivity contribution is -0.154. The largest absolute Gasteiger partial charge is 0.497 e. The minimum Gasteiger partial charge on any atom is -0.497 e. The van der Waals surface area contributed by atoms with Gasteiger partial charge in [0.05, 0.1) is 13.0 Å². The van der Waals surface area contributed by atoms with Gasteiger partial charge in [-0.1, -0.05) is 20.8 Å². The van der Waals surface area contributed by atoms with Crippen LogP contribution in [-0.2, 0) is 9.59 Å². The van der Waals surface area contributed by atoms with Gasteiger partial charge in [-0.05, 0) is 42.5 Å². The van der Waals surface area contributed by atoms with Gasteiger partial charge in [-0.15, -0.1) is 0 Å². The van der Waals surface area contributed by atoms with E-state index in [0.717, 1.165) is 12.8 Å². The fraction of sp³-hybridized carbons (Fsp3) is 0.529. The first kappa shape index (κ1) is 16.3. The van der Waals surface area contributed by atoms with Crippen molar-refractivity contribution in [2.75, 3.05) is 12.0 Å². The predicted octanol–water partition coefficient (Wildman–Crippen LogP) is 2.94. The number of hydrogen-bond donors (Lipinski definition) is 1. The summed E-state index contributed by atoms with van der Waals surface area (Å²) in [7, 11) is 1.56. The Morgan fingerprint density at radius 3 is 2.23 bits per heavy atom. The molecule has 2 atom stereocenters. The molecule has 0 radical (unpaired) electrons. The van der Waals surface area contributed by atoms with Gasteiger partial charge >= 0.3 is 5.97 Å². The van der Waals surface area contributed by atoms with E-state index in [9.17, 15) is 14.7 Å². The van der Waals surface area contributed by atoms with Gasteiger partial charge in [0.25, 0.3) is 0 Å². The minimum absolute atomic E-state index is 0.108. The molecule has 5 heteroatoms. The summed E-state index contributed by atoms with van der Waals surface area (Å²) >= 11 is 0. The van der Waals surface area contributed by atoms with E-state index < -0.39 is 17.9 Å². The first-order chi connectivity index (χ1) is 10.4. The zero-order valence-corrected chi connectivity index (χ0v) is 13.5. The van der Waals surface area contributed by atoms with Crippen LogP contribution in [0.1, 0.15) is 33.6 Å².